The van der Waals surface area contributed by atoms with Crippen molar-refractivity contribution in [2.75, 3.05) is 19.7 Å². The molecular weight excluding hydrogens is 518 g/mol. The number of aliphatic hydroxyl groups is 2. The average molecular weight is 560 g/mol. The van der Waals surface area contributed by atoms with Gasteiger partial charge in [0.05, 0.1) is 30.1 Å². The lowest BCUT2D eigenvalue weighted by Gasteiger charge is -2.30. The number of benzene rings is 2. The lowest BCUT2D eigenvalue weighted by atomic mass is 9.90. The van der Waals surface area contributed by atoms with E-state index in [1.165, 1.54) is 16.4 Å². The molecule has 1 heterocycles. The second kappa shape index (κ2) is 13.4. The summed E-state index contributed by atoms with van der Waals surface area (Å²) in [7, 11) is -3.92. The summed E-state index contributed by atoms with van der Waals surface area (Å²) in [6.07, 6.45) is 1.80. The molecule has 4 rings (SSSR count). The lowest BCUT2D eigenvalue weighted by molar-refractivity contribution is -0.151. The topological polar surface area (TPSA) is 113 Å². The van der Waals surface area contributed by atoms with Gasteiger partial charge in [0.2, 0.25) is 10.0 Å². The van der Waals surface area contributed by atoms with Crippen LogP contribution in [0.25, 0.3) is 0 Å². The predicted octanol–water partition coefficient (Wildman–Crippen LogP) is 3.55. The highest BCUT2D eigenvalue weighted by molar-refractivity contribution is 7.89. The molecule has 0 aromatic heterocycles. The molecule has 2 N–H and O–H groups in total. The summed E-state index contributed by atoms with van der Waals surface area (Å²) in [5, 5.41) is 20.7. The van der Waals surface area contributed by atoms with E-state index in [1.54, 1.807) is 12.1 Å². The quantitative estimate of drug-likeness (QED) is 0.361. The lowest BCUT2D eigenvalue weighted by Crippen LogP contribution is -2.43. The first-order chi connectivity index (χ1) is 18.7. The van der Waals surface area contributed by atoms with Crippen LogP contribution in [0.5, 0.6) is 0 Å². The number of carbonyl (C=O) groups is 1. The maximum Gasteiger partial charge on any atom is 0.306 e. The van der Waals surface area contributed by atoms with Gasteiger partial charge in [0.25, 0.3) is 0 Å². The second-order valence-corrected chi connectivity index (χ2v) is 13.2. The Kier molecular flexibility index (Phi) is 10.2. The number of aliphatic hydroxyl groups excluding tert-OH is 2. The van der Waals surface area contributed by atoms with E-state index in [1.807, 2.05) is 44.2 Å². The number of esters is 1. The van der Waals surface area contributed by atoms with Crippen molar-refractivity contribution < 1.29 is 32.9 Å². The van der Waals surface area contributed by atoms with E-state index in [0.29, 0.717) is 24.3 Å². The Bertz CT molecular complexity index is 1160. The Morgan fingerprint density at radius 3 is 2.41 bits per heavy atom. The van der Waals surface area contributed by atoms with Crippen molar-refractivity contribution in [1.29, 1.82) is 0 Å². The van der Waals surface area contributed by atoms with Crippen molar-refractivity contribution in [2.24, 2.45) is 17.8 Å². The largest absolute Gasteiger partial charge is 0.462 e. The molecule has 0 amide bonds. The Morgan fingerprint density at radius 1 is 1.05 bits per heavy atom. The van der Waals surface area contributed by atoms with Crippen LogP contribution >= 0.6 is 0 Å². The van der Waals surface area contributed by atoms with Crippen LogP contribution in [0.2, 0.25) is 0 Å². The highest BCUT2D eigenvalue weighted by Crippen LogP contribution is 2.37. The molecular formula is C30H41NO7S. The van der Waals surface area contributed by atoms with E-state index < -0.39 is 22.0 Å². The molecule has 2 aromatic rings. The van der Waals surface area contributed by atoms with Gasteiger partial charge in [-0.3, -0.25) is 4.79 Å². The fourth-order valence-corrected chi connectivity index (χ4v) is 7.29. The van der Waals surface area contributed by atoms with Crippen molar-refractivity contribution in [3.8, 4) is 0 Å². The van der Waals surface area contributed by atoms with Gasteiger partial charge in [-0.05, 0) is 54.4 Å². The van der Waals surface area contributed by atoms with Crippen molar-refractivity contribution >= 4 is 16.0 Å². The molecule has 2 aromatic carbocycles. The van der Waals surface area contributed by atoms with E-state index in [4.69, 9.17) is 9.47 Å². The first kappa shape index (κ1) is 29.7. The Labute approximate surface area is 232 Å². The fraction of sp³-hybridized carbons (Fsp3) is 0.567. The number of carbonyl (C=O) groups excluding carboxylic acids is 1. The molecule has 1 aliphatic carbocycles. The summed E-state index contributed by atoms with van der Waals surface area (Å²) in [5.74, 6) is -0.448. The molecule has 1 saturated carbocycles. The van der Waals surface area contributed by atoms with Gasteiger partial charge in [-0.1, -0.05) is 56.3 Å². The van der Waals surface area contributed by atoms with Crippen LogP contribution in [0.1, 0.15) is 50.7 Å². The standard InChI is InChI=1S/C30H41NO7S/c1-21(2)18-31(39(35,36)27-10-8-23(20-32)9-11-27)19-28(33)25(14-22-6-4-3-5-7-22)16-30(34)38-26-15-24-12-13-37-29(24)17-26/h3-11,21,24-26,28-29,32-33H,12-20H2,1-2H3/t24?,25-,26?,28-,29-/m1/s1. The number of fused-ring (bicyclic) bond motifs is 1. The van der Waals surface area contributed by atoms with Gasteiger partial charge in [0.15, 0.2) is 0 Å². The summed E-state index contributed by atoms with van der Waals surface area (Å²) in [5.41, 5.74) is 1.57. The molecule has 39 heavy (non-hydrogen) atoms. The molecule has 9 heteroatoms. The SMILES string of the molecule is CC(C)CN(C[C@@H](O)[C@@H](CC(=O)OC1CC2CCO[C@@H]2C1)Cc1ccccc1)S(=O)(=O)c1ccc(CO)cc1. The van der Waals surface area contributed by atoms with Crippen LogP contribution in [0.3, 0.4) is 0 Å². The van der Waals surface area contributed by atoms with E-state index in [-0.39, 0.29) is 55.1 Å². The van der Waals surface area contributed by atoms with Gasteiger partial charge in [-0.15, -0.1) is 0 Å². The Balaban J connectivity index is 1.49. The molecule has 2 unspecified atom stereocenters. The summed E-state index contributed by atoms with van der Waals surface area (Å²) in [6.45, 7) is 4.50. The van der Waals surface area contributed by atoms with Crippen LogP contribution in [0, 0.1) is 17.8 Å². The summed E-state index contributed by atoms with van der Waals surface area (Å²) >= 11 is 0. The monoisotopic (exact) mass is 559 g/mol. The van der Waals surface area contributed by atoms with Gasteiger partial charge in [-0.25, -0.2) is 8.42 Å². The fourth-order valence-electron chi connectivity index (χ4n) is 5.67. The number of sulfonamides is 1. The zero-order chi connectivity index (χ0) is 28.0. The minimum Gasteiger partial charge on any atom is -0.462 e. The maximum absolute atomic E-state index is 13.6. The van der Waals surface area contributed by atoms with Crippen molar-refractivity contribution in [3.63, 3.8) is 0 Å². The van der Waals surface area contributed by atoms with E-state index in [9.17, 15) is 23.4 Å². The van der Waals surface area contributed by atoms with Gasteiger partial charge in [-0.2, -0.15) is 4.31 Å². The van der Waals surface area contributed by atoms with Crippen molar-refractivity contribution in [3.05, 3.63) is 65.7 Å². The number of hydrogen-bond acceptors (Lipinski definition) is 7. The zero-order valence-corrected chi connectivity index (χ0v) is 23.6. The third-order valence-corrected chi connectivity index (χ3v) is 9.57. The molecule has 8 nitrogen and oxygen atoms in total. The van der Waals surface area contributed by atoms with E-state index >= 15 is 0 Å². The first-order valence-electron chi connectivity index (χ1n) is 13.9. The molecule has 0 spiro atoms. The molecule has 214 valence electrons. The van der Waals surface area contributed by atoms with Gasteiger partial charge >= 0.3 is 5.97 Å². The number of ether oxygens (including phenoxy) is 2. The minimum absolute atomic E-state index is 0.0104. The molecule has 2 fully saturated rings. The summed E-state index contributed by atoms with van der Waals surface area (Å²) in [4.78, 5) is 13.1. The highest BCUT2D eigenvalue weighted by atomic mass is 32.2. The third-order valence-electron chi connectivity index (χ3n) is 7.72. The Morgan fingerprint density at radius 2 is 1.77 bits per heavy atom. The molecule has 0 radical (unpaired) electrons. The first-order valence-corrected chi connectivity index (χ1v) is 15.3. The smallest absolute Gasteiger partial charge is 0.306 e. The van der Waals surface area contributed by atoms with Crippen molar-refractivity contribution in [2.45, 2.75) is 75.8 Å². The van der Waals surface area contributed by atoms with Crippen LogP contribution < -0.4 is 0 Å². The van der Waals surface area contributed by atoms with Crippen LogP contribution in [0.4, 0.5) is 0 Å². The molecule has 2 aliphatic rings. The molecule has 0 bridgehead atoms. The van der Waals surface area contributed by atoms with Crippen LogP contribution in [0.15, 0.2) is 59.5 Å². The Hall–Kier alpha value is -2.30. The maximum atomic E-state index is 13.6. The van der Waals surface area contributed by atoms with Crippen molar-refractivity contribution in [1.82, 2.24) is 4.31 Å². The number of hydrogen-bond donors (Lipinski definition) is 2. The zero-order valence-electron chi connectivity index (χ0n) is 22.8. The van der Waals surface area contributed by atoms with Gasteiger partial charge in [0.1, 0.15) is 6.10 Å². The van der Waals surface area contributed by atoms with E-state index in [2.05, 4.69) is 0 Å². The summed E-state index contributed by atoms with van der Waals surface area (Å²) in [6, 6.07) is 15.7. The number of nitrogens with zero attached hydrogens (tertiary/aromatic N) is 1. The van der Waals surface area contributed by atoms with Gasteiger partial charge in [0, 0.05) is 32.0 Å². The normalized spacial score (nSPS) is 22.7. The van der Waals surface area contributed by atoms with E-state index in [0.717, 1.165) is 25.0 Å². The number of rotatable bonds is 13. The summed E-state index contributed by atoms with van der Waals surface area (Å²) < 4.78 is 40.0. The molecule has 1 aliphatic heterocycles. The highest BCUT2D eigenvalue weighted by Gasteiger charge is 2.40. The van der Waals surface area contributed by atoms with Crippen LogP contribution in [-0.4, -0.2) is 66.9 Å². The van der Waals surface area contributed by atoms with Crippen LogP contribution in [-0.2, 0) is 37.3 Å². The minimum atomic E-state index is -3.92. The second-order valence-electron chi connectivity index (χ2n) is 11.3. The molecule has 1 saturated heterocycles. The third kappa shape index (κ3) is 7.89. The average Bonchev–Trinajstić information content (AvgIpc) is 3.50. The molecule has 5 atom stereocenters. The predicted molar refractivity (Wildman–Crippen MR) is 147 cm³/mol. The van der Waals surface area contributed by atoms with Gasteiger partial charge < -0.3 is 19.7 Å².